The van der Waals surface area contributed by atoms with Gasteiger partial charge in [0, 0.05) is 24.6 Å². The Morgan fingerprint density at radius 1 is 1.25 bits per heavy atom. The van der Waals surface area contributed by atoms with E-state index in [2.05, 4.69) is 25.7 Å². The van der Waals surface area contributed by atoms with Gasteiger partial charge in [-0.2, -0.15) is 0 Å². The molecule has 2 aliphatic rings. The van der Waals surface area contributed by atoms with Crippen LogP contribution < -0.4 is 5.56 Å². The Bertz CT molecular complexity index is 1340. The molecule has 32 heavy (non-hydrogen) atoms. The third kappa shape index (κ3) is 3.06. The summed E-state index contributed by atoms with van der Waals surface area (Å²) in [5, 5.41) is 12.2. The molecule has 1 N–H and O–H groups in total. The normalized spacial score (nSPS) is 19.5. The Hall–Kier alpha value is -2.77. The summed E-state index contributed by atoms with van der Waals surface area (Å²) >= 11 is 0. The zero-order chi connectivity index (χ0) is 22.8. The average Bonchev–Trinajstić information content (AvgIpc) is 3.12. The molecule has 1 aromatic carbocycles. The van der Waals surface area contributed by atoms with E-state index in [9.17, 15) is 14.7 Å². The Morgan fingerprint density at radius 3 is 2.72 bits per heavy atom. The van der Waals surface area contributed by atoms with Crippen LogP contribution in [0.1, 0.15) is 35.6 Å². The minimum Gasteiger partial charge on any atom is -0.458 e. The Balaban J connectivity index is 1.76. The average molecular weight is 448 g/mol. The van der Waals surface area contributed by atoms with E-state index in [1.807, 2.05) is 18.2 Å². The smallest absolute Gasteiger partial charge is 0.343 e. The number of aliphatic hydroxyl groups is 1. The second kappa shape index (κ2) is 7.12. The number of benzene rings is 1. The lowest BCUT2D eigenvalue weighted by atomic mass is 9.86. The lowest BCUT2D eigenvalue weighted by molar-refractivity contribution is -0.172. The molecule has 0 fully saturated rings. The second-order valence-corrected chi connectivity index (χ2v) is 14.5. The summed E-state index contributed by atoms with van der Waals surface area (Å²) in [6.07, 6.45) is 1.02. The number of fused-ring (bicyclic) bond motifs is 5. The van der Waals surface area contributed by atoms with Crippen LogP contribution in [0.25, 0.3) is 22.3 Å². The lowest BCUT2D eigenvalue weighted by Crippen LogP contribution is -2.44. The number of para-hydroxylation sites is 1. The minimum atomic E-state index is -1.81. The van der Waals surface area contributed by atoms with Crippen molar-refractivity contribution in [1.82, 2.24) is 9.55 Å². The van der Waals surface area contributed by atoms with Gasteiger partial charge in [-0.1, -0.05) is 50.8 Å². The minimum absolute atomic E-state index is 0.116. The molecule has 2 aliphatic heterocycles. The highest BCUT2D eigenvalue weighted by molar-refractivity contribution is 6.79. The summed E-state index contributed by atoms with van der Waals surface area (Å²) in [5.74, 6) is -0.704. The number of aryl methyl sites for hydroxylation is 1. The molecule has 0 unspecified atom stereocenters. The van der Waals surface area contributed by atoms with Crippen LogP contribution in [0, 0.1) is 6.55 Å². The van der Waals surface area contributed by atoms with Crippen LogP contribution in [0.2, 0.25) is 19.1 Å². The molecule has 0 saturated carbocycles. The molecule has 1 radical (unpaired) electrons. The number of carbonyl (C=O) groups is 1. The maximum absolute atomic E-state index is 13.4. The van der Waals surface area contributed by atoms with Crippen molar-refractivity contribution in [2.24, 2.45) is 0 Å². The zero-order valence-corrected chi connectivity index (χ0v) is 19.7. The fourth-order valence-electron chi connectivity index (χ4n) is 4.86. The van der Waals surface area contributed by atoms with Crippen LogP contribution in [0.4, 0.5) is 0 Å². The van der Waals surface area contributed by atoms with Gasteiger partial charge in [-0.05, 0) is 30.5 Å². The molecule has 0 amide bonds. The third-order valence-corrected chi connectivity index (χ3v) is 8.37. The molecule has 0 spiro atoms. The first-order chi connectivity index (χ1) is 15.1. The van der Waals surface area contributed by atoms with Crippen molar-refractivity contribution >= 4 is 24.9 Å². The summed E-state index contributed by atoms with van der Waals surface area (Å²) < 4.78 is 6.88. The van der Waals surface area contributed by atoms with E-state index >= 15 is 0 Å². The standard InChI is InChI=1S/C25H27N2O4Si/c1-5-25(30)19-12-21-22-17(13-27(21)23(28)18(19)14-31-24(25)29)15(10-11-32(2,3)4)16-8-6-7-9-20(16)26-22/h6-9,12,30H,2,5,10-11,13-14H2,1,3-4H3/t25-/m0/s1. The van der Waals surface area contributed by atoms with E-state index in [-0.39, 0.29) is 18.6 Å². The van der Waals surface area contributed by atoms with Crippen molar-refractivity contribution in [2.75, 3.05) is 0 Å². The van der Waals surface area contributed by atoms with E-state index in [1.165, 1.54) is 5.56 Å². The van der Waals surface area contributed by atoms with Crippen molar-refractivity contribution in [1.29, 1.82) is 0 Å². The number of pyridine rings is 2. The summed E-state index contributed by atoms with van der Waals surface area (Å²) in [6, 6.07) is 10.9. The van der Waals surface area contributed by atoms with Gasteiger partial charge in [-0.15, -0.1) is 0 Å². The zero-order valence-electron chi connectivity index (χ0n) is 18.7. The fraction of sp³-hybridized carbons (Fsp3) is 0.360. The molecule has 1 atom stereocenters. The monoisotopic (exact) mass is 447 g/mol. The number of aromatic nitrogens is 2. The highest BCUT2D eigenvalue weighted by Crippen LogP contribution is 2.40. The van der Waals surface area contributed by atoms with Gasteiger partial charge in [-0.3, -0.25) is 4.79 Å². The van der Waals surface area contributed by atoms with E-state index in [4.69, 9.17) is 9.72 Å². The van der Waals surface area contributed by atoms with Gasteiger partial charge in [0.15, 0.2) is 5.60 Å². The molecule has 0 bridgehead atoms. The highest BCUT2D eigenvalue weighted by Gasteiger charge is 2.45. The van der Waals surface area contributed by atoms with Crippen molar-refractivity contribution in [3.63, 3.8) is 0 Å². The molecule has 165 valence electrons. The molecule has 0 aliphatic carbocycles. The van der Waals surface area contributed by atoms with Crippen molar-refractivity contribution in [3.8, 4) is 11.4 Å². The lowest BCUT2D eigenvalue weighted by Gasteiger charge is -2.31. The van der Waals surface area contributed by atoms with Crippen LogP contribution in [0.3, 0.4) is 0 Å². The van der Waals surface area contributed by atoms with Crippen LogP contribution in [0.15, 0.2) is 35.1 Å². The number of carbonyl (C=O) groups excluding carboxylic acids is 1. The topological polar surface area (TPSA) is 81.4 Å². The van der Waals surface area contributed by atoms with Crippen LogP contribution in [0.5, 0.6) is 0 Å². The quantitative estimate of drug-likeness (QED) is 0.381. The number of ether oxygens (including phenoxy) is 1. The van der Waals surface area contributed by atoms with E-state index < -0.39 is 19.6 Å². The Kier molecular flexibility index (Phi) is 4.69. The molecular weight excluding hydrogens is 420 g/mol. The maximum Gasteiger partial charge on any atom is 0.343 e. The van der Waals surface area contributed by atoms with Gasteiger partial charge >= 0.3 is 5.97 Å². The van der Waals surface area contributed by atoms with Crippen LogP contribution >= 0.6 is 0 Å². The molecule has 7 heteroatoms. The van der Waals surface area contributed by atoms with E-state index in [0.717, 1.165) is 34.6 Å². The number of esters is 1. The highest BCUT2D eigenvalue weighted by atomic mass is 28.3. The second-order valence-electron chi connectivity index (χ2n) is 9.70. The van der Waals surface area contributed by atoms with Crippen molar-refractivity contribution in [3.05, 3.63) is 69.5 Å². The van der Waals surface area contributed by atoms with Crippen LogP contribution in [-0.2, 0) is 34.7 Å². The molecule has 3 aromatic rings. The predicted molar refractivity (Wildman–Crippen MR) is 126 cm³/mol. The summed E-state index contributed by atoms with van der Waals surface area (Å²) in [4.78, 5) is 30.7. The van der Waals surface area contributed by atoms with Gasteiger partial charge in [-0.25, -0.2) is 9.78 Å². The number of nitrogens with zero attached hydrogens (tertiary/aromatic N) is 2. The summed E-state index contributed by atoms with van der Waals surface area (Å²) in [6.45, 7) is 10.9. The summed E-state index contributed by atoms with van der Waals surface area (Å²) in [5.41, 5.74) is 3.23. The first-order valence-corrected chi connectivity index (χ1v) is 14.5. The number of cyclic esters (lactones) is 1. The van der Waals surface area contributed by atoms with Crippen molar-refractivity contribution < 1.29 is 14.6 Å². The van der Waals surface area contributed by atoms with Crippen LogP contribution in [-0.4, -0.2) is 28.7 Å². The third-order valence-electron chi connectivity index (χ3n) is 6.76. The Labute approximate surface area is 187 Å². The SMILES string of the molecule is [CH2][Si](C)(C)CCc1c2c(nc3ccccc13)-c1cc3c(c(=O)n1C2)COC(=O)[C@]3(O)CC. The van der Waals surface area contributed by atoms with Gasteiger partial charge < -0.3 is 14.4 Å². The Morgan fingerprint density at radius 2 is 2.00 bits per heavy atom. The van der Waals surface area contributed by atoms with E-state index in [0.29, 0.717) is 23.4 Å². The first-order valence-electron chi connectivity index (χ1n) is 11.1. The van der Waals surface area contributed by atoms with Crippen molar-refractivity contribution in [2.45, 2.75) is 57.7 Å². The van der Waals surface area contributed by atoms with Gasteiger partial charge in [0.25, 0.3) is 5.56 Å². The van der Waals surface area contributed by atoms with Gasteiger partial charge in [0.1, 0.15) is 6.61 Å². The number of hydrogen-bond donors (Lipinski definition) is 1. The first kappa shape index (κ1) is 21.1. The summed E-state index contributed by atoms with van der Waals surface area (Å²) in [7, 11) is -1.53. The molecular formula is C25H27N2O4Si. The van der Waals surface area contributed by atoms with E-state index in [1.54, 1.807) is 17.6 Å². The molecule has 2 aromatic heterocycles. The number of hydrogen-bond acceptors (Lipinski definition) is 5. The van der Waals surface area contributed by atoms with Gasteiger partial charge in [0.2, 0.25) is 0 Å². The molecule has 6 nitrogen and oxygen atoms in total. The largest absolute Gasteiger partial charge is 0.458 e. The molecule has 0 saturated heterocycles. The van der Waals surface area contributed by atoms with Gasteiger partial charge in [0.05, 0.1) is 29.0 Å². The predicted octanol–water partition coefficient (Wildman–Crippen LogP) is 3.70. The molecule has 4 heterocycles. The number of rotatable bonds is 4. The maximum atomic E-state index is 13.4. The fourth-order valence-corrected chi connectivity index (χ4v) is 5.79. The molecule has 5 rings (SSSR count).